The van der Waals surface area contributed by atoms with Gasteiger partial charge in [-0.1, -0.05) is 48.0 Å². The van der Waals surface area contributed by atoms with Crippen LogP contribution in [0.5, 0.6) is 5.75 Å². The third kappa shape index (κ3) is 3.96. The summed E-state index contributed by atoms with van der Waals surface area (Å²) in [6, 6.07) is 21.0. The second-order valence-corrected chi connectivity index (χ2v) is 7.00. The van der Waals surface area contributed by atoms with Gasteiger partial charge in [0.1, 0.15) is 5.75 Å². The molecule has 1 amide bonds. The Labute approximate surface area is 173 Å². The highest BCUT2D eigenvalue weighted by Crippen LogP contribution is 2.27. The molecule has 6 heteroatoms. The number of nitrogens with zero attached hydrogens (tertiary/aromatic N) is 2. The van der Waals surface area contributed by atoms with E-state index in [1.165, 1.54) is 0 Å². The van der Waals surface area contributed by atoms with Crippen LogP contribution in [-0.2, 0) is 6.42 Å². The van der Waals surface area contributed by atoms with Gasteiger partial charge < -0.3 is 10.1 Å². The standard InChI is InChI=1S/C23H20ClN3O2/c1-29-20-11-3-2-7-16(20)12-13-25-23(28)22-26-21(17-8-6-9-18(24)15-17)19-10-4-5-14-27(19)22/h2-11,14-15H,12-13H2,1H3,(H,25,28). The maximum atomic E-state index is 12.9. The van der Waals surface area contributed by atoms with E-state index >= 15 is 0 Å². The van der Waals surface area contributed by atoms with Gasteiger partial charge >= 0.3 is 0 Å². The van der Waals surface area contributed by atoms with Crippen LogP contribution >= 0.6 is 11.6 Å². The number of carbonyl (C=O) groups excluding carboxylic acids is 1. The molecule has 0 aliphatic heterocycles. The van der Waals surface area contributed by atoms with Crippen LogP contribution in [0.2, 0.25) is 5.02 Å². The molecule has 29 heavy (non-hydrogen) atoms. The van der Waals surface area contributed by atoms with E-state index in [0.717, 1.165) is 28.1 Å². The summed E-state index contributed by atoms with van der Waals surface area (Å²) in [6.07, 6.45) is 2.51. The van der Waals surface area contributed by atoms with Crippen molar-refractivity contribution in [3.8, 4) is 17.0 Å². The molecule has 5 nitrogen and oxygen atoms in total. The molecule has 0 aliphatic carbocycles. The van der Waals surface area contributed by atoms with Gasteiger partial charge in [0, 0.05) is 23.3 Å². The molecule has 0 fully saturated rings. The fourth-order valence-corrected chi connectivity index (χ4v) is 3.54. The van der Waals surface area contributed by atoms with Crippen LogP contribution in [0.4, 0.5) is 0 Å². The van der Waals surface area contributed by atoms with Gasteiger partial charge in [0.2, 0.25) is 5.82 Å². The number of halogens is 1. The average Bonchev–Trinajstić information content (AvgIpc) is 3.14. The molecule has 1 N–H and O–H groups in total. The lowest BCUT2D eigenvalue weighted by Gasteiger charge is -2.08. The van der Waals surface area contributed by atoms with Gasteiger partial charge in [-0.15, -0.1) is 0 Å². The van der Waals surface area contributed by atoms with Crippen molar-refractivity contribution in [2.75, 3.05) is 13.7 Å². The predicted octanol–water partition coefficient (Wildman–Crippen LogP) is 4.64. The number of para-hydroxylation sites is 1. The third-order valence-corrected chi connectivity index (χ3v) is 4.96. The molecule has 0 unspecified atom stereocenters. The Bertz CT molecular complexity index is 1170. The minimum atomic E-state index is -0.227. The molecule has 0 saturated carbocycles. The summed E-state index contributed by atoms with van der Waals surface area (Å²) in [5.41, 5.74) is 3.49. The lowest BCUT2D eigenvalue weighted by Crippen LogP contribution is -2.27. The number of carbonyl (C=O) groups is 1. The lowest BCUT2D eigenvalue weighted by atomic mass is 10.1. The number of pyridine rings is 1. The Hall–Kier alpha value is -3.31. The smallest absolute Gasteiger partial charge is 0.287 e. The number of hydrogen-bond acceptors (Lipinski definition) is 3. The zero-order valence-electron chi connectivity index (χ0n) is 15.9. The summed E-state index contributed by atoms with van der Waals surface area (Å²) in [4.78, 5) is 17.5. The van der Waals surface area contributed by atoms with Gasteiger partial charge in [-0.25, -0.2) is 4.98 Å². The highest BCUT2D eigenvalue weighted by Gasteiger charge is 2.18. The summed E-state index contributed by atoms with van der Waals surface area (Å²) >= 11 is 6.14. The normalized spacial score (nSPS) is 10.8. The zero-order chi connectivity index (χ0) is 20.2. The van der Waals surface area contributed by atoms with Crippen molar-refractivity contribution in [1.29, 1.82) is 0 Å². The molecule has 0 atom stereocenters. The molecular weight excluding hydrogens is 386 g/mol. The van der Waals surface area contributed by atoms with Crippen LogP contribution in [-0.4, -0.2) is 28.9 Å². The Morgan fingerprint density at radius 3 is 2.76 bits per heavy atom. The summed E-state index contributed by atoms with van der Waals surface area (Å²) < 4.78 is 7.17. The second kappa shape index (κ2) is 8.37. The van der Waals surface area contributed by atoms with Gasteiger partial charge in [0.25, 0.3) is 5.91 Å². The quantitative estimate of drug-likeness (QED) is 0.508. The number of methoxy groups -OCH3 is 1. The summed E-state index contributed by atoms with van der Waals surface area (Å²) in [5.74, 6) is 0.932. The van der Waals surface area contributed by atoms with Crippen LogP contribution in [0.1, 0.15) is 16.2 Å². The van der Waals surface area contributed by atoms with E-state index in [1.54, 1.807) is 11.5 Å². The molecule has 4 aromatic rings. The molecule has 0 aliphatic rings. The van der Waals surface area contributed by atoms with Crippen molar-refractivity contribution in [3.05, 3.63) is 89.3 Å². The van der Waals surface area contributed by atoms with Gasteiger partial charge in [0.15, 0.2) is 0 Å². The van der Waals surface area contributed by atoms with Crippen molar-refractivity contribution in [2.45, 2.75) is 6.42 Å². The minimum absolute atomic E-state index is 0.227. The van der Waals surface area contributed by atoms with Gasteiger partial charge in [0.05, 0.1) is 18.3 Å². The van der Waals surface area contributed by atoms with E-state index in [0.29, 0.717) is 23.8 Å². The van der Waals surface area contributed by atoms with Crippen molar-refractivity contribution < 1.29 is 9.53 Å². The third-order valence-electron chi connectivity index (χ3n) is 4.72. The number of rotatable bonds is 6. The SMILES string of the molecule is COc1ccccc1CCNC(=O)c1nc(-c2cccc(Cl)c2)c2ccccn12. The molecule has 0 bridgehead atoms. The van der Waals surface area contributed by atoms with Gasteiger partial charge in [-0.2, -0.15) is 0 Å². The van der Waals surface area contributed by atoms with Crippen LogP contribution in [0, 0.1) is 0 Å². The van der Waals surface area contributed by atoms with E-state index in [-0.39, 0.29) is 5.91 Å². The maximum Gasteiger partial charge on any atom is 0.287 e. The van der Waals surface area contributed by atoms with Crippen LogP contribution < -0.4 is 10.1 Å². The monoisotopic (exact) mass is 405 g/mol. The highest BCUT2D eigenvalue weighted by atomic mass is 35.5. The van der Waals surface area contributed by atoms with Gasteiger partial charge in [-0.3, -0.25) is 9.20 Å². The number of fused-ring (bicyclic) bond motifs is 1. The zero-order valence-corrected chi connectivity index (χ0v) is 16.7. The summed E-state index contributed by atoms with van der Waals surface area (Å²) in [5, 5.41) is 3.59. The van der Waals surface area contributed by atoms with Crippen LogP contribution in [0.3, 0.4) is 0 Å². The topological polar surface area (TPSA) is 55.6 Å². The highest BCUT2D eigenvalue weighted by molar-refractivity contribution is 6.30. The summed E-state index contributed by atoms with van der Waals surface area (Å²) in [7, 11) is 1.64. The Kier molecular flexibility index (Phi) is 5.49. The number of imidazole rings is 1. The second-order valence-electron chi connectivity index (χ2n) is 6.57. The lowest BCUT2D eigenvalue weighted by molar-refractivity contribution is 0.0943. The molecule has 0 saturated heterocycles. The fourth-order valence-electron chi connectivity index (χ4n) is 3.35. The van der Waals surface area contributed by atoms with Crippen LogP contribution in [0.25, 0.3) is 16.8 Å². The molecule has 2 heterocycles. The number of amides is 1. The first-order chi connectivity index (χ1) is 14.2. The van der Waals surface area contributed by atoms with E-state index < -0.39 is 0 Å². The number of hydrogen-bond donors (Lipinski definition) is 1. The first-order valence-electron chi connectivity index (χ1n) is 9.30. The van der Waals surface area contributed by atoms with E-state index in [9.17, 15) is 4.79 Å². The number of aromatic nitrogens is 2. The largest absolute Gasteiger partial charge is 0.496 e. The first kappa shape index (κ1) is 19.0. The first-order valence-corrected chi connectivity index (χ1v) is 9.68. The Balaban J connectivity index is 1.58. The van der Waals surface area contributed by atoms with Crippen molar-refractivity contribution in [1.82, 2.24) is 14.7 Å². The fraction of sp³-hybridized carbons (Fsp3) is 0.130. The molecule has 2 aromatic carbocycles. The summed E-state index contributed by atoms with van der Waals surface area (Å²) in [6.45, 7) is 0.480. The number of nitrogens with one attached hydrogen (secondary N) is 1. The molecule has 2 aromatic heterocycles. The van der Waals surface area contributed by atoms with E-state index in [2.05, 4.69) is 10.3 Å². The molecule has 0 spiro atoms. The van der Waals surface area contributed by atoms with Gasteiger partial charge in [-0.05, 0) is 42.3 Å². The van der Waals surface area contributed by atoms with Crippen molar-refractivity contribution >= 4 is 23.0 Å². The molecule has 0 radical (unpaired) electrons. The Morgan fingerprint density at radius 2 is 1.93 bits per heavy atom. The molecule has 4 rings (SSSR count). The predicted molar refractivity (Wildman–Crippen MR) is 115 cm³/mol. The van der Waals surface area contributed by atoms with Crippen LogP contribution in [0.15, 0.2) is 72.9 Å². The average molecular weight is 406 g/mol. The van der Waals surface area contributed by atoms with E-state index in [1.807, 2.05) is 72.9 Å². The van der Waals surface area contributed by atoms with E-state index in [4.69, 9.17) is 16.3 Å². The molecule has 146 valence electrons. The van der Waals surface area contributed by atoms with Crippen molar-refractivity contribution in [2.24, 2.45) is 0 Å². The van der Waals surface area contributed by atoms with Crippen molar-refractivity contribution in [3.63, 3.8) is 0 Å². The molecular formula is C23H20ClN3O2. The number of benzene rings is 2. The maximum absolute atomic E-state index is 12.9. The number of ether oxygens (including phenoxy) is 1. The Morgan fingerprint density at radius 1 is 1.10 bits per heavy atom. The minimum Gasteiger partial charge on any atom is -0.496 e.